The van der Waals surface area contributed by atoms with E-state index in [1.165, 1.54) is 40.7 Å². The normalized spacial score (nSPS) is 16.1. The predicted octanol–water partition coefficient (Wildman–Crippen LogP) is 1.29. The van der Waals surface area contributed by atoms with Crippen molar-refractivity contribution in [2.24, 2.45) is 5.92 Å². The van der Waals surface area contributed by atoms with Gasteiger partial charge in [-0.2, -0.15) is 4.31 Å². The molecule has 3 aromatic rings. The van der Waals surface area contributed by atoms with E-state index in [9.17, 15) is 37.3 Å². The summed E-state index contributed by atoms with van der Waals surface area (Å²) >= 11 is 0. The maximum atomic E-state index is 14.6. The molecule has 44 heavy (non-hydrogen) atoms. The molecule has 2 atom stereocenters. The molecule has 2 aromatic carbocycles. The Morgan fingerprint density at radius 2 is 1.48 bits per heavy atom. The SMILES string of the molecule is CC1CCN(S(=O)(=O)c2c(-c3ccc(F)cc3)c(-c3ccc(F)cc3)n(CC[C@@H](O)C[C@@H](O)CC(=O)[O-])c2C(C)C)CC1.[Na+]. The van der Waals surface area contributed by atoms with Crippen LogP contribution in [0.3, 0.4) is 0 Å². The number of aromatic nitrogens is 1. The number of sulfonamides is 1. The van der Waals surface area contributed by atoms with E-state index in [2.05, 4.69) is 6.92 Å². The fourth-order valence-corrected chi connectivity index (χ4v) is 7.85. The van der Waals surface area contributed by atoms with E-state index < -0.39 is 46.3 Å². The largest absolute Gasteiger partial charge is 1.00 e. The minimum Gasteiger partial charge on any atom is -0.550 e. The van der Waals surface area contributed by atoms with Crippen molar-refractivity contribution in [2.45, 2.75) is 82.4 Å². The number of benzene rings is 2. The van der Waals surface area contributed by atoms with Gasteiger partial charge in [0.25, 0.3) is 0 Å². The van der Waals surface area contributed by atoms with Gasteiger partial charge in [-0.05, 0) is 85.0 Å². The van der Waals surface area contributed by atoms with Crippen LogP contribution in [0, 0.1) is 17.6 Å². The molecule has 1 aliphatic rings. The van der Waals surface area contributed by atoms with Crippen molar-refractivity contribution in [3.05, 3.63) is 65.9 Å². The molecule has 4 rings (SSSR count). The van der Waals surface area contributed by atoms with Crippen LogP contribution >= 0.6 is 0 Å². The Morgan fingerprint density at radius 3 is 1.98 bits per heavy atom. The summed E-state index contributed by atoms with van der Waals surface area (Å²) < 4.78 is 60.5. The van der Waals surface area contributed by atoms with E-state index >= 15 is 0 Å². The Hall–Kier alpha value is -2.12. The molecule has 1 saturated heterocycles. The zero-order chi connectivity index (χ0) is 31.5. The number of hydrogen-bond donors (Lipinski definition) is 2. The average Bonchev–Trinajstić information content (AvgIpc) is 3.29. The minimum atomic E-state index is -4.07. The molecule has 1 fully saturated rings. The number of aliphatic hydroxyl groups excluding tert-OH is 2. The Balaban J connectivity index is 0.00000529. The monoisotopic (exact) mass is 640 g/mol. The second-order valence-electron chi connectivity index (χ2n) is 11.8. The summed E-state index contributed by atoms with van der Waals surface area (Å²) in [6.45, 7) is 6.65. The third-order valence-corrected chi connectivity index (χ3v) is 10.0. The molecule has 234 valence electrons. The summed E-state index contributed by atoms with van der Waals surface area (Å²) in [7, 11) is -4.07. The van der Waals surface area contributed by atoms with Crippen molar-refractivity contribution < 1.29 is 66.9 Å². The van der Waals surface area contributed by atoms with Gasteiger partial charge >= 0.3 is 29.6 Å². The van der Waals surface area contributed by atoms with Crippen LogP contribution in [0.4, 0.5) is 8.78 Å². The first kappa shape index (κ1) is 36.3. The number of carboxylic acids is 1. The molecular weight excluding hydrogens is 601 g/mol. The van der Waals surface area contributed by atoms with E-state index in [4.69, 9.17) is 0 Å². The number of hydrogen-bond acceptors (Lipinski definition) is 6. The van der Waals surface area contributed by atoms with Crippen LogP contribution in [0.1, 0.15) is 64.5 Å². The molecule has 0 amide bonds. The van der Waals surface area contributed by atoms with Gasteiger partial charge in [0, 0.05) is 43.3 Å². The van der Waals surface area contributed by atoms with Gasteiger partial charge in [0.15, 0.2) is 0 Å². The fourth-order valence-electron chi connectivity index (χ4n) is 5.81. The van der Waals surface area contributed by atoms with Gasteiger partial charge in [-0.1, -0.05) is 32.9 Å². The molecule has 2 heterocycles. The van der Waals surface area contributed by atoms with Crippen molar-refractivity contribution in [2.75, 3.05) is 13.1 Å². The summed E-state index contributed by atoms with van der Waals surface area (Å²) in [4.78, 5) is 11.0. The molecular formula is C32H39F2N2NaO6S. The maximum absolute atomic E-state index is 14.6. The molecule has 1 aromatic heterocycles. The van der Waals surface area contributed by atoms with Gasteiger partial charge in [0.05, 0.1) is 17.9 Å². The van der Waals surface area contributed by atoms with E-state index in [0.29, 0.717) is 59.9 Å². The number of nitrogens with zero attached hydrogens (tertiary/aromatic N) is 2. The van der Waals surface area contributed by atoms with Gasteiger partial charge in [-0.25, -0.2) is 17.2 Å². The van der Waals surface area contributed by atoms with E-state index in [-0.39, 0.29) is 59.8 Å². The minimum absolute atomic E-state index is 0. The number of carboxylic acid groups (broad SMARTS) is 1. The molecule has 1 aliphatic heterocycles. The number of aliphatic hydroxyl groups is 2. The first-order valence-corrected chi connectivity index (χ1v) is 16.1. The molecule has 0 bridgehead atoms. The van der Waals surface area contributed by atoms with E-state index in [0.717, 1.165) is 0 Å². The first-order chi connectivity index (χ1) is 20.3. The third kappa shape index (κ3) is 8.37. The topological polar surface area (TPSA) is 123 Å². The summed E-state index contributed by atoms with van der Waals surface area (Å²) in [5.41, 5.74) is 2.32. The zero-order valence-electron chi connectivity index (χ0n) is 25.7. The van der Waals surface area contributed by atoms with Gasteiger partial charge in [-0.15, -0.1) is 0 Å². The quantitative estimate of drug-likeness (QED) is 0.288. The van der Waals surface area contributed by atoms with Crippen LogP contribution < -0.4 is 34.7 Å². The van der Waals surface area contributed by atoms with E-state index in [1.807, 2.05) is 18.4 Å². The third-order valence-electron chi connectivity index (χ3n) is 8.03. The second-order valence-corrected chi connectivity index (χ2v) is 13.6. The number of rotatable bonds is 12. The van der Waals surface area contributed by atoms with Crippen LogP contribution in [0.25, 0.3) is 22.4 Å². The number of carbonyl (C=O) groups is 1. The molecule has 0 unspecified atom stereocenters. The van der Waals surface area contributed by atoms with Crippen molar-refractivity contribution in [3.63, 3.8) is 0 Å². The number of piperidine rings is 1. The van der Waals surface area contributed by atoms with Crippen LogP contribution in [-0.2, 0) is 21.4 Å². The fraction of sp³-hybridized carbons (Fsp3) is 0.469. The van der Waals surface area contributed by atoms with E-state index in [1.54, 1.807) is 12.1 Å². The van der Waals surface area contributed by atoms with Crippen molar-refractivity contribution in [3.8, 4) is 22.4 Å². The average molecular weight is 641 g/mol. The van der Waals surface area contributed by atoms with Gasteiger partial charge in [-0.3, -0.25) is 0 Å². The van der Waals surface area contributed by atoms with Gasteiger partial charge < -0.3 is 24.7 Å². The van der Waals surface area contributed by atoms with Crippen LogP contribution in [0.2, 0.25) is 0 Å². The maximum Gasteiger partial charge on any atom is 1.00 e. The Labute approximate surface area is 280 Å². The number of aliphatic carboxylic acids is 1. The molecule has 0 radical (unpaired) electrons. The number of carbonyl (C=O) groups excluding carboxylic acids is 1. The standard InChI is InChI=1S/C32H40F2N2O6S.Na/c1-20(2)30-32(43(41,42)35-15-12-21(3)13-16-35)29(22-4-8-24(33)9-5-22)31(23-6-10-25(34)11-7-23)36(30)17-14-26(37)18-27(38)19-28(39)40;/h4-11,20-21,26-27,37-38H,12-19H2,1-3H3,(H,39,40);/q;+1/p-1/t26-,27-;/m1./s1. The second kappa shape index (κ2) is 15.4. The van der Waals surface area contributed by atoms with Crippen LogP contribution in [0.5, 0.6) is 0 Å². The first-order valence-electron chi connectivity index (χ1n) is 14.6. The van der Waals surface area contributed by atoms with Crippen LogP contribution in [0.15, 0.2) is 53.4 Å². The smallest absolute Gasteiger partial charge is 0.550 e. The van der Waals surface area contributed by atoms with Crippen molar-refractivity contribution >= 4 is 16.0 Å². The van der Waals surface area contributed by atoms with Crippen LogP contribution in [-0.4, -0.2) is 58.8 Å². The molecule has 0 aliphatic carbocycles. The molecule has 8 nitrogen and oxygen atoms in total. The zero-order valence-corrected chi connectivity index (χ0v) is 28.5. The predicted molar refractivity (Wildman–Crippen MR) is 157 cm³/mol. The molecule has 2 N–H and O–H groups in total. The van der Waals surface area contributed by atoms with Gasteiger partial charge in [0.1, 0.15) is 16.5 Å². The Kier molecular flexibility index (Phi) is 12.8. The van der Waals surface area contributed by atoms with Crippen molar-refractivity contribution in [1.29, 1.82) is 0 Å². The Bertz CT molecular complexity index is 1520. The van der Waals surface area contributed by atoms with Gasteiger partial charge in [0.2, 0.25) is 10.0 Å². The summed E-state index contributed by atoms with van der Waals surface area (Å²) in [6, 6.07) is 11.2. The van der Waals surface area contributed by atoms with Crippen molar-refractivity contribution in [1.82, 2.24) is 8.87 Å². The number of halogens is 2. The summed E-state index contributed by atoms with van der Waals surface area (Å²) in [5, 5.41) is 31.7. The Morgan fingerprint density at radius 1 is 0.955 bits per heavy atom. The molecule has 0 saturated carbocycles. The molecule has 12 heteroatoms. The summed E-state index contributed by atoms with van der Waals surface area (Å²) in [5.74, 6) is -2.31. The summed E-state index contributed by atoms with van der Waals surface area (Å²) in [6.07, 6.45) is -1.74. The molecule has 0 spiro atoms.